The van der Waals surface area contributed by atoms with Crippen LogP contribution in [0.4, 0.5) is 10.5 Å². The molecule has 1 saturated heterocycles. The van der Waals surface area contributed by atoms with Crippen molar-refractivity contribution < 1.29 is 19.1 Å². The van der Waals surface area contributed by atoms with E-state index < -0.39 is 6.16 Å². The minimum absolute atomic E-state index is 0.0309. The van der Waals surface area contributed by atoms with Gasteiger partial charge in [-0.05, 0) is 39.7 Å². The monoisotopic (exact) mass is 431 g/mol. The van der Waals surface area contributed by atoms with Gasteiger partial charge in [0.25, 0.3) is 5.95 Å². The van der Waals surface area contributed by atoms with E-state index in [1.54, 1.807) is 12.3 Å². The number of fused-ring (bicyclic) bond motifs is 1. The lowest BCUT2D eigenvalue weighted by molar-refractivity contribution is 0.134. The highest BCUT2D eigenvalue weighted by Crippen LogP contribution is 2.38. The van der Waals surface area contributed by atoms with Crippen LogP contribution < -0.4 is 9.64 Å². The quantitative estimate of drug-likeness (QED) is 0.625. The van der Waals surface area contributed by atoms with Gasteiger partial charge in [0, 0.05) is 56.6 Å². The Morgan fingerprint density at radius 2 is 2.07 bits per heavy atom. The molecule has 0 saturated carbocycles. The van der Waals surface area contributed by atoms with E-state index >= 15 is 0 Å². The van der Waals surface area contributed by atoms with Crippen molar-refractivity contribution in [3.63, 3.8) is 0 Å². The molecule has 0 radical (unpaired) electrons. The van der Waals surface area contributed by atoms with Crippen LogP contribution in [0.1, 0.15) is 5.56 Å². The maximum absolute atomic E-state index is 10.7. The average Bonchev–Trinajstić information content (AvgIpc) is 3.06. The number of aromatic nitrogens is 1. The fourth-order valence-electron chi connectivity index (χ4n) is 3.32. The van der Waals surface area contributed by atoms with Gasteiger partial charge in [0.1, 0.15) is 5.58 Å². The summed E-state index contributed by atoms with van der Waals surface area (Å²) in [4.78, 5) is 19.6. The molecule has 1 aliphatic heterocycles. The van der Waals surface area contributed by atoms with E-state index in [0.29, 0.717) is 5.58 Å². The number of ether oxygens (including phenoxy) is 1. The predicted octanol–water partition coefficient (Wildman–Crippen LogP) is 3.97. The summed E-state index contributed by atoms with van der Waals surface area (Å²) >= 11 is 3.64. The van der Waals surface area contributed by atoms with Gasteiger partial charge in [-0.15, -0.1) is 0 Å². The summed E-state index contributed by atoms with van der Waals surface area (Å²) in [5, 5.41) is 9.53. The van der Waals surface area contributed by atoms with Crippen LogP contribution in [0.3, 0.4) is 0 Å². The predicted molar refractivity (Wildman–Crippen MR) is 104 cm³/mol. The van der Waals surface area contributed by atoms with E-state index in [1.165, 1.54) is 5.56 Å². The van der Waals surface area contributed by atoms with Crippen molar-refractivity contribution in [3.8, 4) is 5.95 Å². The number of piperazine rings is 1. The largest absolute Gasteiger partial charge is 0.513 e. The number of furan rings is 1. The zero-order valence-corrected chi connectivity index (χ0v) is 16.1. The van der Waals surface area contributed by atoms with Crippen LogP contribution in [-0.2, 0) is 6.54 Å². The number of rotatable bonds is 4. The highest BCUT2D eigenvalue weighted by Gasteiger charge is 2.21. The molecule has 8 heteroatoms. The summed E-state index contributed by atoms with van der Waals surface area (Å²) in [6.07, 6.45) is 2.31. The molecule has 1 fully saturated rings. The number of hydrogen-bond acceptors (Lipinski definition) is 6. The Labute approximate surface area is 164 Å². The Bertz CT molecular complexity index is 952. The van der Waals surface area contributed by atoms with E-state index in [0.717, 1.165) is 48.3 Å². The second kappa shape index (κ2) is 7.58. The molecule has 140 valence electrons. The summed E-state index contributed by atoms with van der Waals surface area (Å²) in [5.41, 5.74) is 2.86. The first kappa shape index (κ1) is 17.8. The number of anilines is 1. The number of pyridine rings is 1. The lowest BCUT2D eigenvalue weighted by Gasteiger charge is -2.36. The molecule has 0 aliphatic carbocycles. The standard InChI is InChI=1S/C19H18BrN3O4/c20-18-14-10-17(27-19(24)25)26-16(14)4-3-15(18)23-8-6-22(7-9-23)12-13-2-1-5-21-11-13/h1-5,10-11H,6-9,12H2,(H,24,25). The molecule has 3 heterocycles. The molecule has 0 bridgehead atoms. The summed E-state index contributed by atoms with van der Waals surface area (Å²) < 4.78 is 10.9. The fourth-order valence-corrected chi connectivity index (χ4v) is 4.01. The van der Waals surface area contributed by atoms with E-state index in [9.17, 15) is 4.79 Å². The number of carboxylic acid groups (broad SMARTS) is 1. The van der Waals surface area contributed by atoms with Crippen molar-refractivity contribution in [2.75, 3.05) is 31.1 Å². The van der Waals surface area contributed by atoms with Gasteiger partial charge in [-0.3, -0.25) is 9.88 Å². The molecule has 0 amide bonds. The minimum Gasteiger partial charge on any atom is -0.449 e. The number of benzene rings is 1. The zero-order chi connectivity index (χ0) is 18.8. The molecule has 7 nitrogen and oxygen atoms in total. The van der Waals surface area contributed by atoms with Crippen molar-refractivity contribution in [2.45, 2.75) is 6.54 Å². The molecule has 0 unspecified atom stereocenters. The van der Waals surface area contributed by atoms with Crippen LogP contribution in [-0.4, -0.2) is 47.3 Å². The third-order valence-corrected chi connectivity index (χ3v) is 5.46. The molecule has 0 atom stereocenters. The molecule has 27 heavy (non-hydrogen) atoms. The van der Waals surface area contributed by atoms with Gasteiger partial charge in [0.15, 0.2) is 0 Å². The van der Waals surface area contributed by atoms with Crippen molar-refractivity contribution in [1.82, 2.24) is 9.88 Å². The van der Waals surface area contributed by atoms with Crippen LogP contribution >= 0.6 is 15.9 Å². The molecule has 1 N–H and O–H groups in total. The molecular weight excluding hydrogens is 414 g/mol. The van der Waals surface area contributed by atoms with Crippen LogP contribution in [0, 0.1) is 0 Å². The molecule has 2 aromatic heterocycles. The van der Waals surface area contributed by atoms with E-state index in [2.05, 4.69) is 41.5 Å². The smallest absolute Gasteiger partial charge is 0.449 e. The first-order valence-electron chi connectivity index (χ1n) is 8.59. The molecule has 4 rings (SSSR count). The van der Waals surface area contributed by atoms with Crippen molar-refractivity contribution in [2.24, 2.45) is 0 Å². The highest BCUT2D eigenvalue weighted by atomic mass is 79.9. The topological polar surface area (TPSA) is 79.0 Å². The summed E-state index contributed by atoms with van der Waals surface area (Å²) in [6, 6.07) is 9.48. The van der Waals surface area contributed by atoms with Crippen LogP contribution in [0.25, 0.3) is 11.0 Å². The van der Waals surface area contributed by atoms with Crippen LogP contribution in [0.5, 0.6) is 5.95 Å². The third kappa shape index (κ3) is 3.91. The maximum Gasteiger partial charge on any atom is 0.513 e. The van der Waals surface area contributed by atoms with Gasteiger partial charge in [0.2, 0.25) is 0 Å². The number of hydrogen-bond donors (Lipinski definition) is 1. The van der Waals surface area contributed by atoms with Crippen LogP contribution in [0.15, 0.2) is 51.6 Å². The Morgan fingerprint density at radius 3 is 2.78 bits per heavy atom. The Balaban J connectivity index is 1.47. The fraction of sp³-hybridized carbons (Fsp3) is 0.263. The van der Waals surface area contributed by atoms with Crippen molar-refractivity contribution in [3.05, 3.63) is 52.8 Å². The normalized spacial score (nSPS) is 15.2. The highest BCUT2D eigenvalue weighted by molar-refractivity contribution is 9.10. The molecule has 0 spiro atoms. The van der Waals surface area contributed by atoms with E-state index in [-0.39, 0.29) is 5.95 Å². The Morgan fingerprint density at radius 1 is 1.26 bits per heavy atom. The number of nitrogens with zero attached hydrogens (tertiary/aromatic N) is 3. The Kier molecular flexibility index (Phi) is 5.00. The van der Waals surface area contributed by atoms with Crippen molar-refractivity contribution >= 4 is 38.7 Å². The third-order valence-electron chi connectivity index (χ3n) is 4.62. The number of carbonyl (C=O) groups is 1. The summed E-state index contributed by atoms with van der Waals surface area (Å²) in [6.45, 7) is 4.62. The van der Waals surface area contributed by atoms with Gasteiger partial charge in [-0.25, -0.2) is 4.79 Å². The van der Waals surface area contributed by atoms with Gasteiger partial charge >= 0.3 is 6.16 Å². The van der Waals surface area contributed by atoms with Gasteiger partial charge in [-0.2, -0.15) is 0 Å². The van der Waals surface area contributed by atoms with Gasteiger partial charge in [0.05, 0.1) is 10.2 Å². The van der Waals surface area contributed by atoms with E-state index in [1.807, 2.05) is 24.4 Å². The molecular formula is C19H18BrN3O4. The first-order chi connectivity index (χ1) is 13.1. The summed E-state index contributed by atoms with van der Waals surface area (Å²) in [5.74, 6) is -0.0309. The molecule has 1 aliphatic rings. The minimum atomic E-state index is -1.39. The van der Waals surface area contributed by atoms with Crippen molar-refractivity contribution in [1.29, 1.82) is 0 Å². The average molecular weight is 432 g/mol. The van der Waals surface area contributed by atoms with E-state index in [4.69, 9.17) is 9.52 Å². The van der Waals surface area contributed by atoms with Gasteiger partial charge < -0.3 is 19.2 Å². The first-order valence-corrected chi connectivity index (χ1v) is 9.38. The lowest BCUT2D eigenvalue weighted by atomic mass is 10.2. The Hall–Kier alpha value is -2.58. The van der Waals surface area contributed by atoms with Gasteiger partial charge in [-0.1, -0.05) is 6.07 Å². The molecule has 3 aromatic rings. The second-order valence-electron chi connectivity index (χ2n) is 6.37. The lowest BCUT2D eigenvalue weighted by Crippen LogP contribution is -2.46. The number of halogens is 1. The zero-order valence-electron chi connectivity index (χ0n) is 14.5. The summed E-state index contributed by atoms with van der Waals surface area (Å²) in [7, 11) is 0. The van der Waals surface area contributed by atoms with Crippen LogP contribution in [0.2, 0.25) is 0 Å². The second-order valence-corrected chi connectivity index (χ2v) is 7.16. The molecule has 1 aromatic carbocycles. The SMILES string of the molecule is O=C(O)Oc1cc2c(Br)c(N3CCN(Cc4cccnc4)CC3)ccc2o1. The maximum atomic E-state index is 10.7.